The highest BCUT2D eigenvalue weighted by Crippen LogP contribution is 2.49. The second-order valence-electron chi connectivity index (χ2n) is 9.08. The minimum absolute atomic E-state index is 0.0271. The van der Waals surface area contributed by atoms with Crippen LogP contribution in [0.1, 0.15) is 46.9 Å². The van der Waals surface area contributed by atoms with E-state index in [0.29, 0.717) is 12.8 Å². The Bertz CT molecular complexity index is 1520. The molecular weight excluding hydrogens is 519 g/mol. The number of rotatable bonds is 6. The second kappa shape index (κ2) is 9.05. The molecule has 1 aliphatic rings. The summed E-state index contributed by atoms with van der Waals surface area (Å²) in [5, 5.41) is 8.81. The van der Waals surface area contributed by atoms with Crippen LogP contribution in [0.15, 0.2) is 41.3 Å². The van der Waals surface area contributed by atoms with E-state index in [1.165, 1.54) is 30.3 Å². The molecular formula is C24H21F5N4O3S. The Morgan fingerprint density at radius 3 is 2.41 bits per heavy atom. The molecule has 1 saturated carbocycles. The van der Waals surface area contributed by atoms with Crippen molar-refractivity contribution < 1.29 is 35.7 Å². The van der Waals surface area contributed by atoms with Crippen molar-refractivity contribution in [1.29, 1.82) is 4.78 Å². The lowest BCUT2D eigenvalue weighted by Gasteiger charge is -2.17. The summed E-state index contributed by atoms with van der Waals surface area (Å²) in [6, 6.07) is 7.83. The lowest BCUT2D eigenvalue weighted by Crippen LogP contribution is -2.21. The van der Waals surface area contributed by atoms with E-state index >= 15 is 0 Å². The Labute approximate surface area is 209 Å². The van der Waals surface area contributed by atoms with Crippen molar-refractivity contribution in [3.05, 3.63) is 70.4 Å². The highest BCUT2D eigenvalue weighted by atomic mass is 32.2. The van der Waals surface area contributed by atoms with Crippen LogP contribution < -0.4 is 10.1 Å². The van der Waals surface area contributed by atoms with E-state index < -0.39 is 67.3 Å². The highest BCUT2D eigenvalue weighted by molar-refractivity contribution is 7.91. The van der Waals surface area contributed by atoms with Crippen LogP contribution in [-0.2, 0) is 21.3 Å². The van der Waals surface area contributed by atoms with E-state index in [-0.39, 0.29) is 16.1 Å². The first kappa shape index (κ1) is 26.5. The van der Waals surface area contributed by atoms with Crippen molar-refractivity contribution in [3.63, 3.8) is 0 Å². The fraction of sp³-hybridized carbons (Fsp3) is 0.292. The van der Waals surface area contributed by atoms with Gasteiger partial charge in [0.05, 0.1) is 9.73 Å². The van der Waals surface area contributed by atoms with Crippen molar-refractivity contribution in [1.82, 2.24) is 10.2 Å². The van der Waals surface area contributed by atoms with Gasteiger partial charge in [-0.05, 0) is 60.6 Å². The first-order chi connectivity index (χ1) is 17.1. The molecule has 0 aliphatic heterocycles. The van der Waals surface area contributed by atoms with Crippen LogP contribution in [0.3, 0.4) is 0 Å². The molecule has 0 spiro atoms. The van der Waals surface area contributed by atoms with E-state index in [0.717, 1.165) is 19.2 Å². The quantitative estimate of drug-likeness (QED) is 0.362. The van der Waals surface area contributed by atoms with Crippen LogP contribution in [0, 0.1) is 23.3 Å². The predicted octanol–water partition coefficient (Wildman–Crippen LogP) is 6.21. The van der Waals surface area contributed by atoms with Gasteiger partial charge in [-0.25, -0.2) is 13.4 Å². The number of amides is 1. The zero-order chi connectivity index (χ0) is 27.3. The van der Waals surface area contributed by atoms with Crippen molar-refractivity contribution in [2.75, 3.05) is 11.6 Å². The zero-order valence-corrected chi connectivity index (χ0v) is 20.6. The maximum Gasteiger partial charge on any atom is 0.435 e. The summed E-state index contributed by atoms with van der Waals surface area (Å²) >= 11 is 0. The number of hydrogen-bond acceptors (Lipinski definition) is 6. The van der Waals surface area contributed by atoms with Crippen molar-refractivity contribution in [2.24, 2.45) is 0 Å². The number of anilines is 1. The highest BCUT2D eigenvalue weighted by Gasteiger charge is 2.42. The van der Waals surface area contributed by atoms with Crippen LogP contribution in [0.4, 0.5) is 27.6 Å². The molecule has 1 atom stereocenters. The lowest BCUT2D eigenvalue weighted by atomic mass is 9.97. The van der Waals surface area contributed by atoms with Crippen LogP contribution in [0.5, 0.6) is 11.6 Å². The van der Waals surface area contributed by atoms with Gasteiger partial charge in [0.25, 0.3) is 11.8 Å². The summed E-state index contributed by atoms with van der Waals surface area (Å²) < 4.78 is 95.1. The van der Waals surface area contributed by atoms with E-state index in [2.05, 4.69) is 15.5 Å². The molecule has 1 amide bonds. The van der Waals surface area contributed by atoms with Crippen LogP contribution in [0.2, 0.25) is 0 Å². The minimum atomic E-state index is -4.97. The summed E-state index contributed by atoms with van der Waals surface area (Å²) in [4.78, 5) is 13.2. The first-order valence-electron chi connectivity index (χ1n) is 10.9. The SMILES string of the molecule is Cc1c(C(F)(F)F)nnc(Oc2ccc(C3(C)CC3)c(F)c2F)c1C(=O)Nc1cccc(S(C)(=N)=O)c1. The molecule has 196 valence electrons. The summed E-state index contributed by atoms with van der Waals surface area (Å²) in [5.41, 5.74) is -3.17. The Morgan fingerprint density at radius 1 is 1.14 bits per heavy atom. The number of nitrogens with zero attached hydrogens (tertiary/aromatic N) is 2. The zero-order valence-electron chi connectivity index (χ0n) is 19.8. The largest absolute Gasteiger partial charge is 0.435 e. The number of benzene rings is 2. The van der Waals surface area contributed by atoms with Crippen molar-refractivity contribution >= 4 is 21.3 Å². The van der Waals surface area contributed by atoms with E-state index in [4.69, 9.17) is 9.52 Å². The van der Waals surface area contributed by atoms with Crippen molar-refractivity contribution in [3.8, 4) is 11.6 Å². The smallest absolute Gasteiger partial charge is 0.434 e. The molecule has 4 rings (SSSR count). The van der Waals surface area contributed by atoms with Crippen LogP contribution in [0.25, 0.3) is 0 Å². The van der Waals surface area contributed by atoms with E-state index in [9.17, 15) is 31.0 Å². The first-order valence-corrected chi connectivity index (χ1v) is 12.8. The third kappa shape index (κ3) is 5.26. The number of carbonyl (C=O) groups excluding carboxylic acids is 1. The fourth-order valence-electron chi connectivity index (χ4n) is 3.75. The molecule has 13 heteroatoms. The van der Waals surface area contributed by atoms with Crippen molar-refractivity contribution in [2.45, 2.75) is 43.2 Å². The van der Waals surface area contributed by atoms with Gasteiger partial charge >= 0.3 is 6.18 Å². The van der Waals surface area contributed by atoms with Gasteiger partial charge in [-0.2, -0.15) is 17.6 Å². The number of ether oxygens (including phenoxy) is 1. The van der Waals surface area contributed by atoms with Gasteiger partial charge in [0.15, 0.2) is 17.3 Å². The molecule has 37 heavy (non-hydrogen) atoms. The summed E-state index contributed by atoms with van der Waals surface area (Å²) in [6.45, 7) is 2.73. The number of nitrogens with one attached hydrogen (secondary N) is 2. The topological polar surface area (TPSA) is 105 Å². The molecule has 1 heterocycles. The normalized spacial score (nSPS) is 16.1. The van der Waals surface area contributed by atoms with Gasteiger partial charge in [0, 0.05) is 16.8 Å². The van der Waals surface area contributed by atoms with E-state index in [1.807, 2.05) is 0 Å². The molecule has 1 aromatic heterocycles. The second-order valence-corrected chi connectivity index (χ2v) is 11.2. The standard InChI is InChI=1S/C24H21F5N4O3S/c1-12-17(21(34)31-13-5-4-6-14(11-13)37(3,30)35)22(33-32-20(12)24(27,28)29)36-16-8-7-15(18(25)19(16)26)23(2)9-10-23/h4-8,11,30H,9-10H2,1-3H3,(H,31,34). The average molecular weight is 541 g/mol. The van der Waals surface area contributed by atoms with Crippen LogP contribution in [-0.4, -0.2) is 26.6 Å². The Balaban J connectivity index is 1.76. The Hall–Kier alpha value is -3.61. The Morgan fingerprint density at radius 2 is 1.81 bits per heavy atom. The van der Waals surface area contributed by atoms with Gasteiger partial charge in [-0.15, -0.1) is 10.2 Å². The molecule has 1 aliphatic carbocycles. The number of carbonyl (C=O) groups is 1. The lowest BCUT2D eigenvalue weighted by molar-refractivity contribution is -0.142. The van der Waals surface area contributed by atoms with Gasteiger partial charge < -0.3 is 10.1 Å². The maximum atomic E-state index is 14.8. The molecule has 2 aromatic carbocycles. The Kier molecular flexibility index (Phi) is 6.47. The molecule has 7 nitrogen and oxygen atoms in total. The third-order valence-corrected chi connectivity index (χ3v) is 7.28. The summed E-state index contributed by atoms with van der Waals surface area (Å²) in [7, 11) is -3.15. The van der Waals surface area contributed by atoms with Gasteiger partial charge in [-0.3, -0.25) is 4.79 Å². The molecule has 3 aromatic rings. The maximum absolute atomic E-state index is 14.8. The molecule has 1 fully saturated rings. The third-order valence-electron chi connectivity index (χ3n) is 6.13. The molecule has 2 N–H and O–H groups in total. The minimum Gasteiger partial charge on any atom is -0.434 e. The molecule has 0 bridgehead atoms. The predicted molar refractivity (Wildman–Crippen MR) is 124 cm³/mol. The fourth-order valence-corrected chi connectivity index (χ4v) is 4.44. The molecule has 0 radical (unpaired) electrons. The molecule has 0 saturated heterocycles. The van der Waals surface area contributed by atoms with Gasteiger partial charge in [0.2, 0.25) is 5.82 Å². The monoisotopic (exact) mass is 540 g/mol. The number of halogens is 5. The van der Waals surface area contributed by atoms with Gasteiger partial charge in [-0.1, -0.05) is 19.1 Å². The average Bonchev–Trinajstić information content (AvgIpc) is 3.53. The number of alkyl halides is 3. The van der Waals surface area contributed by atoms with Crippen LogP contribution >= 0.6 is 0 Å². The van der Waals surface area contributed by atoms with E-state index in [1.54, 1.807) is 6.92 Å². The number of hydrogen-bond donors (Lipinski definition) is 2. The van der Waals surface area contributed by atoms with Gasteiger partial charge in [0.1, 0.15) is 5.56 Å². The number of aromatic nitrogens is 2. The summed E-state index contributed by atoms with van der Waals surface area (Å²) in [5.74, 6) is -5.12. The summed E-state index contributed by atoms with van der Waals surface area (Å²) in [6.07, 6.45) is -2.46. The molecule has 1 unspecified atom stereocenters.